The predicted octanol–water partition coefficient (Wildman–Crippen LogP) is 2.23. The lowest BCUT2D eigenvalue weighted by atomic mass is 10.3. The molecule has 1 saturated heterocycles. The van der Waals surface area contributed by atoms with Crippen LogP contribution in [0, 0.1) is 0 Å². The number of halogens is 2. The Morgan fingerprint density at radius 3 is 2.54 bits per heavy atom. The molecule has 10 heteroatoms. The molecular weight excluding hydrogens is 366 g/mol. The molecule has 1 aromatic heterocycles. The molecule has 3 rings (SSSR count). The van der Waals surface area contributed by atoms with Crippen molar-refractivity contribution in [1.82, 2.24) is 13.9 Å². The number of sulfonamides is 1. The molecule has 0 atom stereocenters. The minimum absolute atomic E-state index is 0.0107. The van der Waals surface area contributed by atoms with Gasteiger partial charge in [-0.2, -0.15) is 13.1 Å². The molecule has 0 spiro atoms. The van der Waals surface area contributed by atoms with Gasteiger partial charge in [-0.1, -0.05) is 0 Å². The number of hydrogen-bond acceptors (Lipinski definition) is 4. The minimum atomic E-state index is -3.88. The minimum Gasteiger partial charge on any atom is -0.312 e. The monoisotopic (exact) mass is 384 g/mol. The Morgan fingerprint density at radius 1 is 1.27 bits per heavy atom. The Kier molecular flexibility index (Phi) is 5.05. The van der Waals surface area contributed by atoms with E-state index in [4.69, 9.17) is 0 Å². The second-order valence-corrected chi connectivity index (χ2v) is 7.98. The highest BCUT2D eigenvalue weighted by molar-refractivity contribution is 7.89. The van der Waals surface area contributed by atoms with Crippen molar-refractivity contribution in [3.8, 4) is 0 Å². The molecule has 0 unspecified atom stereocenters. The van der Waals surface area contributed by atoms with Crippen LogP contribution in [-0.2, 0) is 21.4 Å². The van der Waals surface area contributed by atoms with Gasteiger partial charge in [0.05, 0.1) is 11.4 Å². The molecule has 0 bridgehead atoms. The zero-order valence-electron chi connectivity index (χ0n) is 14.0. The average Bonchev–Trinajstić information content (AvgIpc) is 3.23. The maximum Gasteiger partial charge on any atom is 0.319 e. The number of nitrogens with zero attached hydrogens (tertiary/aromatic N) is 4. The van der Waals surface area contributed by atoms with Crippen LogP contribution in [0.2, 0.25) is 0 Å². The second-order valence-electron chi connectivity index (χ2n) is 5.93. The van der Waals surface area contributed by atoms with E-state index in [0.717, 1.165) is 16.9 Å². The highest BCUT2D eigenvalue weighted by atomic mass is 32.2. The summed E-state index contributed by atoms with van der Waals surface area (Å²) >= 11 is 0. The van der Waals surface area contributed by atoms with Gasteiger partial charge in [-0.15, -0.1) is 0 Å². The van der Waals surface area contributed by atoms with Crippen molar-refractivity contribution < 1.29 is 22.0 Å². The highest BCUT2D eigenvalue weighted by Crippen LogP contribution is 2.25. The first kappa shape index (κ1) is 18.5. The van der Waals surface area contributed by atoms with E-state index < -0.39 is 16.6 Å². The molecule has 0 aliphatic carbocycles. The molecule has 1 aliphatic rings. The number of benzene rings is 1. The number of amides is 1. The Bertz CT molecular complexity index is 896. The fourth-order valence-electron chi connectivity index (χ4n) is 2.83. The van der Waals surface area contributed by atoms with Crippen molar-refractivity contribution >= 4 is 21.6 Å². The van der Waals surface area contributed by atoms with Crippen molar-refractivity contribution in [2.45, 2.75) is 30.8 Å². The molecule has 0 saturated carbocycles. The van der Waals surface area contributed by atoms with E-state index in [1.54, 1.807) is 17.0 Å². The summed E-state index contributed by atoms with van der Waals surface area (Å²) in [5.74, 6) is -0.0399. The van der Waals surface area contributed by atoms with E-state index >= 15 is 0 Å². The first-order valence-electron chi connectivity index (χ1n) is 7.97. The molecule has 1 fully saturated rings. The number of hydrogen-bond donors (Lipinski definition) is 0. The van der Waals surface area contributed by atoms with E-state index in [1.807, 2.05) is 0 Å². The lowest BCUT2D eigenvalue weighted by Crippen LogP contribution is -2.28. The van der Waals surface area contributed by atoms with E-state index in [1.165, 1.54) is 25.4 Å². The highest BCUT2D eigenvalue weighted by Gasteiger charge is 2.25. The van der Waals surface area contributed by atoms with Crippen LogP contribution >= 0.6 is 0 Å². The van der Waals surface area contributed by atoms with Gasteiger partial charge in [-0.05, 0) is 30.7 Å². The third kappa shape index (κ3) is 3.47. The largest absolute Gasteiger partial charge is 0.319 e. The maximum absolute atomic E-state index is 12.9. The fraction of sp³-hybridized carbons (Fsp3) is 0.375. The number of alkyl halides is 2. The van der Waals surface area contributed by atoms with Crippen LogP contribution < -0.4 is 4.90 Å². The van der Waals surface area contributed by atoms with Gasteiger partial charge in [0.1, 0.15) is 5.82 Å². The SMILES string of the molecule is CN(Cc1nccn1C(F)F)S(=O)(=O)c1ccc(N2CCCC2=O)cc1. The van der Waals surface area contributed by atoms with Gasteiger partial charge in [0.2, 0.25) is 15.9 Å². The summed E-state index contributed by atoms with van der Waals surface area (Å²) < 4.78 is 52.7. The van der Waals surface area contributed by atoms with E-state index in [0.29, 0.717) is 23.2 Å². The topological polar surface area (TPSA) is 75.5 Å². The van der Waals surface area contributed by atoms with Crippen LogP contribution in [0.5, 0.6) is 0 Å². The Balaban J connectivity index is 1.78. The molecular formula is C16H18F2N4O3S. The summed E-state index contributed by atoms with van der Waals surface area (Å²) in [6.07, 6.45) is 3.56. The van der Waals surface area contributed by atoms with Gasteiger partial charge in [-0.25, -0.2) is 13.4 Å². The quantitative estimate of drug-likeness (QED) is 0.765. The van der Waals surface area contributed by atoms with E-state index in [-0.39, 0.29) is 23.2 Å². The van der Waals surface area contributed by atoms with Gasteiger partial charge in [0.25, 0.3) is 0 Å². The zero-order chi connectivity index (χ0) is 18.9. The molecule has 7 nitrogen and oxygen atoms in total. The van der Waals surface area contributed by atoms with Crippen LogP contribution in [-0.4, -0.2) is 41.8 Å². The zero-order valence-corrected chi connectivity index (χ0v) is 14.9. The van der Waals surface area contributed by atoms with Gasteiger partial charge in [0.15, 0.2) is 0 Å². The van der Waals surface area contributed by atoms with E-state index in [9.17, 15) is 22.0 Å². The molecule has 26 heavy (non-hydrogen) atoms. The van der Waals surface area contributed by atoms with Crippen LogP contribution in [0.4, 0.5) is 14.5 Å². The Morgan fingerprint density at radius 2 is 1.96 bits per heavy atom. The number of carbonyl (C=O) groups is 1. The molecule has 1 aromatic carbocycles. The molecule has 0 N–H and O–H groups in total. The normalized spacial score (nSPS) is 15.4. The van der Waals surface area contributed by atoms with Gasteiger partial charge in [-0.3, -0.25) is 9.36 Å². The fourth-order valence-corrected chi connectivity index (χ4v) is 3.95. The number of rotatable bonds is 6. The smallest absolute Gasteiger partial charge is 0.312 e. The molecule has 1 aliphatic heterocycles. The maximum atomic E-state index is 12.9. The van der Waals surface area contributed by atoms with Crippen molar-refractivity contribution in [3.05, 3.63) is 42.5 Å². The summed E-state index contributed by atoms with van der Waals surface area (Å²) in [6, 6.07) is 5.97. The summed E-state index contributed by atoms with van der Waals surface area (Å²) in [7, 11) is -2.58. The molecule has 2 heterocycles. The number of anilines is 1. The van der Waals surface area contributed by atoms with E-state index in [2.05, 4.69) is 4.98 Å². The van der Waals surface area contributed by atoms with Gasteiger partial charge >= 0.3 is 6.55 Å². The molecule has 140 valence electrons. The summed E-state index contributed by atoms with van der Waals surface area (Å²) in [6.45, 7) is -2.46. The summed E-state index contributed by atoms with van der Waals surface area (Å²) in [5.41, 5.74) is 0.641. The molecule has 0 radical (unpaired) electrons. The van der Waals surface area contributed by atoms with Crippen LogP contribution in [0.3, 0.4) is 0 Å². The predicted molar refractivity (Wildman–Crippen MR) is 90.2 cm³/mol. The molecule has 1 amide bonds. The third-order valence-electron chi connectivity index (χ3n) is 4.25. The summed E-state index contributed by atoms with van der Waals surface area (Å²) in [5, 5.41) is 0. The average molecular weight is 384 g/mol. The third-order valence-corrected chi connectivity index (χ3v) is 6.07. The van der Waals surface area contributed by atoms with Crippen molar-refractivity contribution in [2.24, 2.45) is 0 Å². The van der Waals surface area contributed by atoms with Gasteiger partial charge < -0.3 is 4.90 Å². The standard InChI is InChI=1S/C16H18F2N4O3S/c1-20(11-14-19-8-10-22(14)16(17)18)26(24,25)13-6-4-12(5-7-13)21-9-2-3-15(21)23/h4-8,10,16H,2-3,9,11H2,1H3. The lowest BCUT2D eigenvalue weighted by molar-refractivity contribution is -0.117. The Hall–Kier alpha value is -2.33. The van der Waals surface area contributed by atoms with Crippen LogP contribution in [0.15, 0.2) is 41.6 Å². The summed E-state index contributed by atoms with van der Waals surface area (Å²) in [4.78, 5) is 17.2. The van der Waals surface area contributed by atoms with Crippen molar-refractivity contribution in [2.75, 3.05) is 18.5 Å². The Labute approximate surface area is 149 Å². The number of aromatic nitrogens is 2. The first-order valence-corrected chi connectivity index (χ1v) is 9.41. The lowest BCUT2D eigenvalue weighted by Gasteiger charge is -2.19. The first-order chi connectivity index (χ1) is 12.3. The van der Waals surface area contributed by atoms with Crippen LogP contribution in [0.25, 0.3) is 0 Å². The van der Waals surface area contributed by atoms with Gasteiger partial charge in [0, 0.05) is 38.1 Å². The number of imidazole rings is 1. The molecule has 2 aromatic rings. The van der Waals surface area contributed by atoms with Crippen molar-refractivity contribution in [3.63, 3.8) is 0 Å². The second kappa shape index (κ2) is 7.12. The van der Waals surface area contributed by atoms with Crippen LogP contribution in [0.1, 0.15) is 25.2 Å². The number of carbonyl (C=O) groups excluding carboxylic acids is 1. The van der Waals surface area contributed by atoms with Crippen molar-refractivity contribution in [1.29, 1.82) is 0 Å².